The fourth-order valence-corrected chi connectivity index (χ4v) is 5.85. The maximum Gasteiger partial charge on any atom is 0.416 e. The summed E-state index contributed by atoms with van der Waals surface area (Å²) in [5, 5.41) is 5.86. The molecule has 3 heterocycles. The van der Waals surface area contributed by atoms with Crippen molar-refractivity contribution in [3.05, 3.63) is 77.1 Å². The zero-order valence-corrected chi connectivity index (χ0v) is 23.5. The summed E-state index contributed by atoms with van der Waals surface area (Å²) in [6.07, 6.45) is -0.315. The van der Waals surface area contributed by atoms with Crippen molar-refractivity contribution >= 4 is 23.5 Å². The van der Waals surface area contributed by atoms with Gasteiger partial charge in [-0.05, 0) is 49.1 Å². The van der Waals surface area contributed by atoms with Gasteiger partial charge in [0.2, 0.25) is 11.9 Å². The second-order valence-corrected chi connectivity index (χ2v) is 10.8. The summed E-state index contributed by atoms with van der Waals surface area (Å²) in [5.41, 5.74) is 0.296. The maximum atomic E-state index is 14.5. The number of carbonyl (C=O) groups excluding carboxylic acids is 2. The number of hydrogen-bond donors (Lipinski definition) is 2. The van der Waals surface area contributed by atoms with Crippen LogP contribution in [0.3, 0.4) is 0 Å². The molecule has 2 saturated heterocycles. The average Bonchev–Trinajstić information content (AvgIpc) is 3.63. The molecule has 0 spiro atoms. The fraction of sp³-hybridized carbons (Fsp3) is 0.433. The molecule has 0 bridgehead atoms. The normalized spacial score (nSPS) is 20.7. The molecule has 0 saturated carbocycles. The number of nitrogens with zero attached hydrogens (tertiary/aromatic N) is 3. The first-order chi connectivity index (χ1) is 20.5. The van der Waals surface area contributed by atoms with Gasteiger partial charge in [0.25, 0.3) is 0 Å². The largest absolute Gasteiger partial charge is 0.466 e. The Bertz CT molecular complexity index is 1480. The Morgan fingerprint density at radius 2 is 1.95 bits per heavy atom. The van der Waals surface area contributed by atoms with Crippen molar-refractivity contribution < 1.29 is 36.3 Å². The van der Waals surface area contributed by atoms with Crippen LogP contribution in [0.15, 0.2) is 48.8 Å². The molecular weight excluding hydrogens is 573 g/mol. The van der Waals surface area contributed by atoms with E-state index in [0.29, 0.717) is 37.2 Å². The smallest absolute Gasteiger partial charge is 0.416 e. The van der Waals surface area contributed by atoms with E-state index in [1.54, 1.807) is 22.6 Å². The fourth-order valence-electron chi connectivity index (χ4n) is 5.85. The molecule has 13 heteroatoms. The van der Waals surface area contributed by atoms with E-state index in [-0.39, 0.29) is 43.7 Å². The Labute approximate surface area is 245 Å². The number of halogens is 5. The standard InChI is InChI=1S/C30H32F5N5O3/c1-2-43-28(42)19-4-3-10-39(17-19)26-12-20(30(33,34)35)6-5-18(26)16-40-11-9-37-29(40)38-27(41)24-15-36-14-23(24)22-8-7-21(31)13-25(22)32/h5-9,11-13,19,23-24,36H,2-4,10,14-17H2,1H3,(H,37,38,41)/t19?,23-,24?/m0/s1. The van der Waals surface area contributed by atoms with Crippen molar-refractivity contribution in [3.8, 4) is 0 Å². The van der Waals surface area contributed by atoms with Crippen LogP contribution in [0.4, 0.5) is 33.6 Å². The van der Waals surface area contributed by atoms with Gasteiger partial charge in [0.05, 0.1) is 30.6 Å². The minimum atomic E-state index is -4.56. The van der Waals surface area contributed by atoms with Gasteiger partial charge in [0.15, 0.2) is 0 Å². The lowest BCUT2D eigenvalue weighted by molar-refractivity contribution is -0.148. The second-order valence-electron chi connectivity index (χ2n) is 10.8. The predicted octanol–water partition coefficient (Wildman–Crippen LogP) is 4.95. The molecule has 2 aliphatic heterocycles. The number of benzene rings is 2. The molecule has 0 radical (unpaired) electrons. The predicted molar refractivity (Wildman–Crippen MR) is 148 cm³/mol. The third-order valence-corrected chi connectivity index (χ3v) is 8.00. The number of ether oxygens (including phenoxy) is 1. The van der Waals surface area contributed by atoms with Crippen molar-refractivity contribution in [3.63, 3.8) is 0 Å². The number of rotatable bonds is 8. The number of esters is 1. The van der Waals surface area contributed by atoms with Gasteiger partial charge in [-0.2, -0.15) is 13.2 Å². The molecule has 1 aromatic heterocycles. The van der Waals surface area contributed by atoms with Gasteiger partial charge >= 0.3 is 12.1 Å². The minimum Gasteiger partial charge on any atom is -0.466 e. The Morgan fingerprint density at radius 1 is 1.14 bits per heavy atom. The Hall–Kier alpha value is -4.00. The third-order valence-electron chi connectivity index (χ3n) is 8.00. The van der Waals surface area contributed by atoms with Crippen LogP contribution in [-0.2, 0) is 27.0 Å². The van der Waals surface area contributed by atoms with Gasteiger partial charge in [-0.15, -0.1) is 0 Å². The van der Waals surface area contributed by atoms with Crippen LogP contribution in [0.5, 0.6) is 0 Å². The lowest BCUT2D eigenvalue weighted by Crippen LogP contribution is -2.40. The van der Waals surface area contributed by atoms with E-state index in [0.717, 1.165) is 24.3 Å². The molecule has 43 heavy (non-hydrogen) atoms. The molecule has 2 aromatic carbocycles. The highest BCUT2D eigenvalue weighted by molar-refractivity contribution is 5.92. The highest BCUT2D eigenvalue weighted by Gasteiger charge is 2.37. The summed E-state index contributed by atoms with van der Waals surface area (Å²) >= 11 is 0. The summed E-state index contributed by atoms with van der Waals surface area (Å²) in [6.45, 7) is 3.29. The number of carbonyl (C=O) groups is 2. The maximum absolute atomic E-state index is 14.5. The summed E-state index contributed by atoms with van der Waals surface area (Å²) in [6, 6.07) is 6.76. The van der Waals surface area contributed by atoms with E-state index in [9.17, 15) is 31.5 Å². The lowest BCUT2D eigenvalue weighted by atomic mass is 9.88. The molecule has 230 valence electrons. The monoisotopic (exact) mass is 605 g/mol. The summed E-state index contributed by atoms with van der Waals surface area (Å²) in [4.78, 5) is 31.8. The van der Waals surface area contributed by atoms with E-state index in [4.69, 9.17) is 4.74 Å². The van der Waals surface area contributed by atoms with E-state index in [2.05, 4.69) is 15.6 Å². The molecule has 2 N–H and O–H groups in total. The first-order valence-corrected chi connectivity index (χ1v) is 14.1. The second kappa shape index (κ2) is 12.7. The van der Waals surface area contributed by atoms with Gasteiger partial charge < -0.3 is 19.5 Å². The van der Waals surface area contributed by atoms with Gasteiger partial charge in [-0.1, -0.05) is 12.1 Å². The molecule has 2 fully saturated rings. The first-order valence-electron chi connectivity index (χ1n) is 14.1. The quantitative estimate of drug-likeness (QED) is 0.279. The van der Waals surface area contributed by atoms with Gasteiger partial charge in [-0.25, -0.2) is 13.8 Å². The summed E-state index contributed by atoms with van der Waals surface area (Å²) in [7, 11) is 0. The highest BCUT2D eigenvalue weighted by Crippen LogP contribution is 2.36. The van der Waals surface area contributed by atoms with E-state index < -0.39 is 47.0 Å². The number of alkyl halides is 3. The molecule has 3 atom stereocenters. The van der Waals surface area contributed by atoms with Crippen LogP contribution in [-0.4, -0.2) is 54.2 Å². The number of aromatic nitrogens is 2. The van der Waals surface area contributed by atoms with Crippen molar-refractivity contribution in [2.45, 2.75) is 38.4 Å². The minimum absolute atomic E-state index is 0.0859. The van der Waals surface area contributed by atoms with Crippen LogP contribution in [0, 0.1) is 23.5 Å². The molecule has 2 unspecified atom stereocenters. The average molecular weight is 606 g/mol. The topological polar surface area (TPSA) is 88.5 Å². The molecule has 1 amide bonds. The number of imidazole rings is 1. The number of nitrogens with one attached hydrogen (secondary N) is 2. The Kier molecular flexibility index (Phi) is 9.00. The van der Waals surface area contributed by atoms with E-state index in [1.807, 2.05) is 0 Å². The van der Waals surface area contributed by atoms with Crippen molar-refractivity contribution in [2.75, 3.05) is 43.0 Å². The number of anilines is 2. The number of hydrogen-bond acceptors (Lipinski definition) is 6. The summed E-state index contributed by atoms with van der Waals surface area (Å²) < 4.78 is 75.8. The van der Waals surface area contributed by atoms with Crippen LogP contribution in [0.2, 0.25) is 0 Å². The van der Waals surface area contributed by atoms with Gasteiger partial charge in [0, 0.05) is 56.2 Å². The summed E-state index contributed by atoms with van der Waals surface area (Å²) in [5.74, 6) is -3.73. The Morgan fingerprint density at radius 3 is 2.70 bits per heavy atom. The molecule has 0 aliphatic carbocycles. The molecule has 8 nitrogen and oxygen atoms in total. The van der Waals surface area contributed by atoms with Crippen LogP contribution < -0.4 is 15.5 Å². The molecule has 5 rings (SSSR count). The highest BCUT2D eigenvalue weighted by atomic mass is 19.4. The zero-order valence-electron chi connectivity index (χ0n) is 23.5. The molecular formula is C30H32F5N5O3. The lowest BCUT2D eigenvalue weighted by Gasteiger charge is -2.35. The van der Waals surface area contributed by atoms with Crippen LogP contribution >= 0.6 is 0 Å². The van der Waals surface area contributed by atoms with Crippen LogP contribution in [0.25, 0.3) is 0 Å². The molecule has 2 aliphatic rings. The third kappa shape index (κ3) is 6.82. The van der Waals surface area contributed by atoms with Gasteiger partial charge in [-0.3, -0.25) is 14.9 Å². The first kappa shape index (κ1) is 30.5. The molecule has 3 aromatic rings. The Balaban J connectivity index is 1.37. The van der Waals surface area contributed by atoms with Crippen molar-refractivity contribution in [1.29, 1.82) is 0 Å². The number of amides is 1. The van der Waals surface area contributed by atoms with E-state index in [1.165, 1.54) is 18.3 Å². The van der Waals surface area contributed by atoms with E-state index >= 15 is 0 Å². The van der Waals surface area contributed by atoms with Crippen LogP contribution in [0.1, 0.15) is 42.4 Å². The van der Waals surface area contributed by atoms with Crippen molar-refractivity contribution in [1.82, 2.24) is 14.9 Å². The van der Waals surface area contributed by atoms with Gasteiger partial charge in [0.1, 0.15) is 11.6 Å². The van der Waals surface area contributed by atoms with Crippen molar-refractivity contribution in [2.24, 2.45) is 11.8 Å². The number of piperidine rings is 1. The zero-order chi connectivity index (χ0) is 30.7. The SMILES string of the molecule is CCOC(=O)C1CCCN(c2cc(C(F)(F)F)ccc2Cn2ccnc2NC(=O)C2CNC[C@H]2c2ccc(F)cc2F)C1.